The highest BCUT2D eigenvalue weighted by atomic mass is 32.2. The van der Waals surface area contributed by atoms with E-state index in [1.807, 2.05) is 13.0 Å². The van der Waals surface area contributed by atoms with E-state index in [0.717, 1.165) is 17.7 Å². The second-order valence-electron chi connectivity index (χ2n) is 6.98. The Morgan fingerprint density at radius 3 is 2.41 bits per heavy atom. The van der Waals surface area contributed by atoms with E-state index in [2.05, 4.69) is 9.97 Å². The predicted octanol–water partition coefficient (Wildman–Crippen LogP) is 4.38. The molecule has 4 aromatic rings. The highest BCUT2D eigenvalue weighted by molar-refractivity contribution is 7.98. The molecule has 0 unspecified atom stereocenters. The minimum atomic E-state index is -4.64. The quantitative estimate of drug-likeness (QED) is 0.305. The molecule has 2 aromatic carbocycles. The molecule has 6 nitrogen and oxygen atoms in total. The highest BCUT2D eigenvalue weighted by Gasteiger charge is 2.26. The van der Waals surface area contributed by atoms with Crippen molar-refractivity contribution in [2.45, 2.75) is 28.5 Å². The molecule has 0 bridgehead atoms. The third-order valence-electron chi connectivity index (χ3n) is 4.72. The fourth-order valence-electron chi connectivity index (χ4n) is 3.03. The maximum atomic E-state index is 13.2. The van der Waals surface area contributed by atoms with Gasteiger partial charge >= 0.3 is 5.76 Å². The first-order valence-corrected chi connectivity index (χ1v) is 12.0. The van der Waals surface area contributed by atoms with Gasteiger partial charge in [0.15, 0.2) is 5.16 Å². The van der Waals surface area contributed by atoms with Crippen molar-refractivity contribution in [3.8, 4) is 5.82 Å². The van der Waals surface area contributed by atoms with Crippen molar-refractivity contribution in [3.63, 3.8) is 0 Å². The predicted molar refractivity (Wildman–Crippen MR) is 119 cm³/mol. The zero-order valence-electron chi connectivity index (χ0n) is 16.8. The van der Waals surface area contributed by atoms with Crippen LogP contribution in [-0.4, -0.2) is 28.7 Å². The summed E-state index contributed by atoms with van der Waals surface area (Å²) in [6.45, 7) is 1.89. The van der Waals surface area contributed by atoms with E-state index in [4.69, 9.17) is 0 Å². The van der Waals surface area contributed by atoms with Gasteiger partial charge in [-0.05, 0) is 48.4 Å². The number of nitrogens with zero attached hydrogens (tertiary/aromatic N) is 3. The molecular weight excluding hydrogens is 456 g/mol. The van der Waals surface area contributed by atoms with E-state index in [-0.39, 0.29) is 5.56 Å². The molecule has 32 heavy (non-hydrogen) atoms. The molecule has 2 heterocycles. The first-order valence-electron chi connectivity index (χ1n) is 9.46. The Morgan fingerprint density at radius 2 is 1.75 bits per heavy atom. The molecule has 0 saturated heterocycles. The van der Waals surface area contributed by atoms with Crippen molar-refractivity contribution in [3.05, 3.63) is 88.3 Å². The van der Waals surface area contributed by atoms with Crippen LogP contribution in [0.25, 0.3) is 16.7 Å². The van der Waals surface area contributed by atoms with Crippen LogP contribution in [0.5, 0.6) is 0 Å². The number of benzene rings is 2. The van der Waals surface area contributed by atoms with Crippen LogP contribution in [0.2, 0.25) is 0 Å². The Kier molecular flexibility index (Phi) is 6.07. The standard InChI is InChI=1S/C22H17F2N3O3S2/c1-14-6-11-19(25-12-14)27-20(28)17-4-2-3-5-18(17)26-22(27)31-13-15-7-9-16(10-8-15)32(29,30)21(23)24/h2-12,21H,13H2,1H3. The lowest BCUT2D eigenvalue weighted by Crippen LogP contribution is -2.22. The van der Waals surface area contributed by atoms with E-state index in [0.29, 0.717) is 33.2 Å². The van der Waals surface area contributed by atoms with E-state index >= 15 is 0 Å². The van der Waals surface area contributed by atoms with Crippen LogP contribution in [0.4, 0.5) is 8.78 Å². The van der Waals surface area contributed by atoms with Crippen LogP contribution < -0.4 is 5.56 Å². The minimum Gasteiger partial charge on any atom is -0.268 e. The summed E-state index contributed by atoms with van der Waals surface area (Å²) in [6, 6.07) is 15.8. The number of pyridine rings is 1. The van der Waals surface area contributed by atoms with Crippen LogP contribution >= 0.6 is 11.8 Å². The summed E-state index contributed by atoms with van der Waals surface area (Å²) in [5.74, 6) is -2.70. The summed E-state index contributed by atoms with van der Waals surface area (Å²) in [5, 5.41) is 0.870. The molecule has 0 aliphatic rings. The largest absolute Gasteiger partial charge is 0.341 e. The van der Waals surface area contributed by atoms with Gasteiger partial charge in [0.1, 0.15) is 5.82 Å². The number of aryl methyl sites for hydroxylation is 1. The fraction of sp³-hybridized carbons (Fsp3) is 0.136. The van der Waals surface area contributed by atoms with Gasteiger partial charge in [-0.15, -0.1) is 0 Å². The topological polar surface area (TPSA) is 81.9 Å². The molecule has 0 atom stereocenters. The van der Waals surface area contributed by atoms with Crippen LogP contribution in [0, 0.1) is 6.92 Å². The molecule has 0 fully saturated rings. The zero-order valence-corrected chi connectivity index (χ0v) is 18.4. The van der Waals surface area contributed by atoms with E-state index in [1.54, 1.807) is 36.5 Å². The average molecular weight is 474 g/mol. The fourth-order valence-corrected chi connectivity index (χ4v) is 4.71. The maximum absolute atomic E-state index is 13.2. The molecule has 0 radical (unpaired) electrons. The molecule has 0 saturated carbocycles. The molecule has 0 N–H and O–H groups in total. The SMILES string of the molecule is Cc1ccc(-n2c(SCc3ccc(S(=O)(=O)C(F)F)cc3)nc3ccccc3c2=O)nc1. The first kappa shape index (κ1) is 22.1. The van der Waals surface area contributed by atoms with Crippen molar-refractivity contribution in [1.29, 1.82) is 0 Å². The summed E-state index contributed by atoms with van der Waals surface area (Å²) < 4.78 is 50.1. The van der Waals surface area contributed by atoms with Crippen molar-refractivity contribution in [2.75, 3.05) is 0 Å². The number of thioether (sulfide) groups is 1. The second-order valence-corrected chi connectivity index (χ2v) is 9.84. The normalized spacial score (nSPS) is 11.9. The summed E-state index contributed by atoms with van der Waals surface area (Å²) >= 11 is 1.26. The number of halogens is 2. The molecule has 0 amide bonds. The van der Waals surface area contributed by atoms with E-state index in [1.165, 1.54) is 28.5 Å². The van der Waals surface area contributed by atoms with Gasteiger partial charge in [0.05, 0.1) is 15.8 Å². The average Bonchev–Trinajstić information content (AvgIpc) is 2.79. The lowest BCUT2D eigenvalue weighted by Gasteiger charge is -2.13. The van der Waals surface area contributed by atoms with Gasteiger partial charge in [-0.1, -0.05) is 42.1 Å². The van der Waals surface area contributed by atoms with Gasteiger partial charge in [-0.25, -0.2) is 23.0 Å². The molecule has 2 aromatic heterocycles. The summed E-state index contributed by atoms with van der Waals surface area (Å²) in [6.07, 6.45) is 1.66. The Hall–Kier alpha value is -3.11. The monoisotopic (exact) mass is 473 g/mol. The number of aromatic nitrogens is 3. The van der Waals surface area contributed by atoms with Crippen LogP contribution in [0.15, 0.2) is 81.7 Å². The van der Waals surface area contributed by atoms with Crippen molar-refractivity contribution < 1.29 is 17.2 Å². The summed E-state index contributed by atoms with van der Waals surface area (Å²) in [7, 11) is -4.64. The number of para-hydroxylation sites is 1. The van der Waals surface area contributed by atoms with E-state index < -0.39 is 20.5 Å². The van der Waals surface area contributed by atoms with Gasteiger partial charge in [-0.2, -0.15) is 8.78 Å². The van der Waals surface area contributed by atoms with Gasteiger partial charge in [0.2, 0.25) is 9.84 Å². The van der Waals surface area contributed by atoms with Gasteiger partial charge in [-0.3, -0.25) is 4.79 Å². The minimum absolute atomic E-state index is 0.257. The Balaban J connectivity index is 1.70. The number of fused-ring (bicyclic) bond motifs is 1. The molecule has 10 heteroatoms. The van der Waals surface area contributed by atoms with Gasteiger partial charge in [0.25, 0.3) is 5.56 Å². The highest BCUT2D eigenvalue weighted by Crippen LogP contribution is 2.25. The zero-order chi connectivity index (χ0) is 22.9. The Morgan fingerprint density at radius 1 is 1.03 bits per heavy atom. The molecule has 4 rings (SSSR count). The number of rotatable bonds is 6. The number of alkyl halides is 2. The lowest BCUT2D eigenvalue weighted by atomic mass is 10.2. The smallest absolute Gasteiger partial charge is 0.268 e. The third kappa shape index (κ3) is 4.28. The molecule has 0 aliphatic heterocycles. The van der Waals surface area contributed by atoms with Crippen molar-refractivity contribution >= 4 is 32.5 Å². The van der Waals surface area contributed by atoms with Gasteiger partial charge in [0, 0.05) is 11.9 Å². The molecular formula is C22H17F2N3O3S2. The van der Waals surface area contributed by atoms with Crippen molar-refractivity contribution in [1.82, 2.24) is 14.5 Å². The molecule has 164 valence electrons. The Labute approximate surface area is 186 Å². The van der Waals surface area contributed by atoms with Crippen LogP contribution in [0.1, 0.15) is 11.1 Å². The number of sulfone groups is 1. The number of hydrogen-bond donors (Lipinski definition) is 0. The Bertz CT molecular complexity index is 1440. The summed E-state index contributed by atoms with van der Waals surface area (Å²) in [5.41, 5.74) is 1.92. The van der Waals surface area contributed by atoms with Crippen LogP contribution in [0.3, 0.4) is 0 Å². The lowest BCUT2D eigenvalue weighted by molar-refractivity contribution is 0.234. The van der Waals surface area contributed by atoms with Gasteiger partial charge < -0.3 is 0 Å². The van der Waals surface area contributed by atoms with E-state index in [9.17, 15) is 22.0 Å². The summed E-state index contributed by atoms with van der Waals surface area (Å²) in [4.78, 5) is 21.7. The maximum Gasteiger partial charge on any atom is 0.341 e. The first-order chi connectivity index (χ1) is 15.3. The third-order valence-corrected chi connectivity index (χ3v) is 7.13. The second kappa shape index (κ2) is 8.79. The molecule has 0 aliphatic carbocycles. The van der Waals surface area contributed by atoms with Crippen molar-refractivity contribution in [2.24, 2.45) is 0 Å². The number of hydrogen-bond acceptors (Lipinski definition) is 6. The van der Waals surface area contributed by atoms with Crippen LogP contribution in [-0.2, 0) is 15.6 Å². The molecule has 0 spiro atoms.